The first-order valence-electron chi connectivity index (χ1n) is 5.74. The molecule has 2 aromatic rings. The Kier molecular flexibility index (Phi) is 4.04. The summed E-state index contributed by atoms with van der Waals surface area (Å²) in [5.41, 5.74) is 0.404. The van der Waals surface area contributed by atoms with Crippen molar-refractivity contribution in [3.05, 3.63) is 44.7 Å². The van der Waals surface area contributed by atoms with E-state index in [1.165, 1.54) is 4.68 Å². The number of alkyl halides is 3. The van der Waals surface area contributed by atoms with Crippen molar-refractivity contribution in [3.63, 3.8) is 0 Å². The van der Waals surface area contributed by atoms with Crippen molar-refractivity contribution in [1.29, 1.82) is 0 Å². The highest BCUT2D eigenvalue weighted by atomic mass is 35.5. The zero-order valence-corrected chi connectivity index (χ0v) is 12.4. The van der Waals surface area contributed by atoms with Crippen molar-refractivity contribution in [2.24, 2.45) is 0 Å². The molecule has 0 aliphatic rings. The molecule has 0 atom stereocenters. The monoisotopic (exact) mass is 336 g/mol. The van der Waals surface area contributed by atoms with Crippen LogP contribution in [0.4, 0.5) is 13.2 Å². The molecule has 0 N–H and O–H groups in total. The smallest absolute Gasteiger partial charge is 0.298 e. The van der Waals surface area contributed by atoms with Gasteiger partial charge in [0.15, 0.2) is 6.29 Å². The summed E-state index contributed by atoms with van der Waals surface area (Å²) in [7, 11) is 0. The number of benzene rings is 1. The van der Waals surface area contributed by atoms with E-state index in [0.717, 1.165) is 12.1 Å². The maximum absolute atomic E-state index is 12.7. The molecule has 8 heteroatoms. The van der Waals surface area contributed by atoms with Crippen LogP contribution in [0.5, 0.6) is 0 Å². The third-order valence-corrected chi connectivity index (χ3v) is 3.60. The molecule has 0 bridgehead atoms. The molecule has 0 aliphatic heterocycles. The highest BCUT2D eigenvalue weighted by Gasteiger charge is 2.32. The first-order valence-corrected chi connectivity index (χ1v) is 6.50. The lowest BCUT2D eigenvalue weighted by Crippen LogP contribution is -2.08. The topological polar surface area (TPSA) is 34.9 Å². The lowest BCUT2D eigenvalue weighted by atomic mass is 10.2. The Hall–Kier alpha value is -1.53. The van der Waals surface area contributed by atoms with Crippen LogP contribution in [0.1, 0.15) is 27.3 Å². The first-order chi connectivity index (χ1) is 9.66. The summed E-state index contributed by atoms with van der Waals surface area (Å²) in [5.74, 6) is 0. The van der Waals surface area contributed by atoms with Gasteiger partial charge in [-0.3, -0.25) is 4.79 Å². The Morgan fingerprint density at radius 3 is 2.10 bits per heavy atom. The summed E-state index contributed by atoms with van der Waals surface area (Å²) in [5, 5.41) is 3.71. The highest BCUT2D eigenvalue weighted by Crippen LogP contribution is 2.38. The van der Waals surface area contributed by atoms with E-state index in [1.54, 1.807) is 13.8 Å². The summed E-state index contributed by atoms with van der Waals surface area (Å²) in [6.45, 7) is 3.22. The van der Waals surface area contributed by atoms with Crippen LogP contribution in [-0.2, 0) is 6.18 Å². The number of aryl methyl sites for hydroxylation is 1. The van der Waals surface area contributed by atoms with Crippen LogP contribution in [0.15, 0.2) is 12.1 Å². The van der Waals surface area contributed by atoms with Crippen LogP contribution < -0.4 is 0 Å². The Morgan fingerprint density at radius 1 is 1.19 bits per heavy atom. The molecule has 1 heterocycles. The number of hydrogen-bond acceptors (Lipinski definition) is 2. The second kappa shape index (κ2) is 5.35. The summed E-state index contributed by atoms with van der Waals surface area (Å²) < 4.78 is 39.4. The van der Waals surface area contributed by atoms with Crippen LogP contribution in [0.25, 0.3) is 5.69 Å². The van der Waals surface area contributed by atoms with Crippen LogP contribution in [0.3, 0.4) is 0 Å². The normalized spacial score (nSPS) is 11.8. The highest BCUT2D eigenvalue weighted by molar-refractivity contribution is 6.37. The fourth-order valence-corrected chi connectivity index (χ4v) is 2.62. The predicted molar refractivity (Wildman–Crippen MR) is 73.4 cm³/mol. The van der Waals surface area contributed by atoms with Crippen LogP contribution in [-0.4, -0.2) is 16.1 Å². The minimum atomic E-state index is -4.55. The maximum atomic E-state index is 12.7. The van der Waals surface area contributed by atoms with Gasteiger partial charge in [0, 0.05) is 0 Å². The number of hydrogen-bond donors (Lipinski definition) is 0. The minimum absolute atomic E-state index is 0.111. The van der Waals surface area contributed by atoms with Gasteiger partial charge in [0.25, 0.3) is 0 Å². The van der Waals surface area contributed by atoms with Crippen molar-refractivity contribution in [1.82, 2.24) is 9.78 Å². The standard InChI is InChI=1S/C13H9Cl2F3N2O/c1-6-9(5-21)7(2)20(19-6)12-10(14)3-8(4-11(12)15)13(16,17)18/h3-5H,1-2H3. The number of carbonyl (C=O) groups excluding carboxylic acids is 1. The van der Waals surface area contributed by atoms with E-state index < -0.39 is 11.7 Å². The van der Waals surface area contributed by atoms with E-state index in [2.05, 4.69) is 5.10 Å². The van der Waals surface area contributed by atoms with E-state index in [-0.39, 0.29) is 15.7 Å². The number of halogens is 5. The molecule has 21 heavy (non-hydrogen) atoms. The van der Waals surface area contributed by atoms with E-state index >= 15 is 0 Å². The Labute approximate surface area is 128 Å². The second-order valence-electron chi connectivity index (χ2n) is 4.40. The zero-order valence-electron chi connectivity index (χ0n) is 10.9. The number of rotatable bonds is 2. The number of carbonyl (C=O) groups is 1. The molecular weight excluding hydrogens is 328 g/mol. The van der Waals surface area contributed by atoms with Gasteiger partial charge in [-0.2, -0.15) is 18.3 Å². The number of aldehydes is 1. The van der Waals surface area contributed by atoms with E-state index in [1.807, 2.05) is 0 Å². The van der Waals surface area contributed by atoms with Crippen molar-refractivity contribution in [3.8, 4) is 5.69 Å². The lowest BCUT2D eigenvalue weighted by Gasteiger charge is -2.13. The molecule has 0 unspecified atom stereocenters. The zero-order chi connectivity index (χ0) is 15.9. The largest absolute Gasteiger partial charge is 0.416 e. The fraction of sp³-hybridized carbons (Fsp3) is 0.231. The summed E-state index contributed by atoms with van der Waals surface area (Å²) in [4.78, 5) is 11.0. The third kappa shape index (κ3) is 2.78. The molecule has 0 amide bonds. The van der Waals surface area contributed by atoms with Crippen LogP contribution in [0.2, 0.25) is 10.0 Å². The van der Waals surface area contributed by atoms with Gasteiger partial charge >= 0.3 is 6.18 Å². The van der Waals surface area contributed by atoms with Gasteiger partial charge in [-0.25, -0.2) is 4.68 Å². The van der Waals surface area contributed by atoms with Gasteiger partial charge in [-0.1, -0.05) is 23.2 Å². The molecule has 0 radical (unpaired) electrons. The Balaban J connectivity index is 2.69. The van der Waals surface area contributed by atoms with E-state index in [0.29, 0.717) is 23.2 Å². The van der Waals surface area contributed by atoms with Gasteiger partial charge < -0.3 is 0 Å². The number of aromatic nitrogens is 2. The van der Waals surface area contributed by atoms with Crippen molar-refractivity contribution in [2.45, 2.75) is 20.0 Å². The molecule has 3 nitrogen and oxygen atoms in total. The third-order valence-electron chi connectivity index (χ3n) is 3.02. The van der Waals surface area contributed by atoms with Crippen molar-refractivity contribution in [2.75, 3.05) is 0 Å². The van der Waals surface area contributed by atoms with E-state index in [9.17, 15) is 18.0 Å². The Morgan fingerprint density at radius 2 is 1.71 bits per heavy atom. The molecule has 0 spiro atoms. The average Bonchev–Trinajstić information content (AvgIpc) is 2.62. The van der Waals surface area contributed by atoms with E-state index in [4.69, 9.17) is 23.2 Å². The molecular formula is C13H9Cl2F3N2O. The quantitative estimate of drug-likeness (QED) is 0.749. The van der Waals surface area contributed by atoms with Gasteiger partial charge in [0.1, 0.15) is 5.69 Å². The maximum Gasteiger partial charge on any atom is 0.416 e. The lowest BCUT2D eigenvalue weighted by molar-refractivity contribution is -0.137. The molecule has 2 rings (SSSR count). The molecule has 112 valence electrons. The van der Waals surface area contributed by atoms with Gasteiger partial charge in [0.05, 0.1) is 32.6 Å². The molecule has 1 aromatic carbocycles. The predicted octanol–water partition coefficient (Wildman–Crippen LogP) is 4.63. The summed E-state index contributed by atoms with van der Waals surface area (Å²) >= 11 is 11.8. The Bertz CT molecular complexity index is 700. The average molecular weight is 337 g/mol. The number of nitrogens with zero attached hydrogens (tertiary/aromatic N) is 2. The van der Waals surface area contributed by atoms with Gasteiger partial charge in [0.2, 0.25) is 0 Å². The van der Waals surface area contributed by atoms with Crippen LogP contribution >= 0.6 is 23.2 Å². The first kappa shape index (κ1) is 15.9. The van der Waals surface area contributed by atoms with Gasteiger partial charge in [-0.15, -0.1) is 0 Å². The van der Waals surface area contributed by atoms with Crippen molar-refractivity contribution < 1.29 is 18.0 Å². The SMILES string of the molecule is Cc1nn(-c2c(Cl)cc(C(F)(F)F)cc2Cl)c(C)c1C=O. The molecule has 0 fully saturated rings. The van der Waals surface area contributed by atoms with Crippen LogP contribution in [0, 0.1) is 13.8 Å². The van der Waals surface area contributed by atoms with Crippen molar-refractivity contribution >= 4 is 29.5 Å². The minimum Gasteiger partial charge on any atom is -0.298 e. The van der Waals surface area contributed by atoms with Gasteiger partial charge in [-0.05, 0) is 26.0 Å². The molecule has 0 aliphatic carbocycles. The summed E-state index contributed by atoms with van der Waals surface area (Å²) in [6, 6.07) is 1.56. The second-order valence-corrected chi connectivity index (χ2v) is 5.21. The molecule has 1 aromatic heterocycles. The molecule has 0 saturated carbocycles. The fourth-order valence-electron chi connectivity index (χ4n) is 1.97. The molecule has 0 saturated heterocycles. The summed E-state index contributed by atoms with van der Waals surface area (Å²) in [6.07, 6.45) is -3.92.